The molecule has 2 N–H and O–H groups in total. The second kappa shape index (κ2) is 6.58. The Bertz CT molecular complexity index is 510. The molecule has 21 heavy (non-hydrogen) atoms. The van der Waals surface area contributed by atoms with Gasteiger partial charge in [-0.05, 0) is 42.4 Å². The molecule has 0 radical (unpaired) electrons. The van der Waals surface area contributed by atoms with Gasteiger partial charge in [-0.3, -0.25) is 4.79 Å². The van der Waals surface area contributed by atoms with E-state index in [-0.39, 0.29) is 5.91 Å². The first-order valence-corrected chi connectivity index (χ1v) is 7.94. The van der Waals surface area contributed by atoms with Gasteiger partial charge in [-0.25, -0.2) is 0 Å². The number of fused-ring (bicyclic) bond motifs is 1. The van der Waals surface area contributed by atoms with Gasteiger partial charge in [-0.2, -0.15) is 0 Å². The first kappa shape index (κ1) is 14.5. The average molecular weight is 288 g/mol. The molecule has 0 unspecified atom stereocenters. The van der Waals surface area contributed by atoms with E-state index in [9.17, 15) is 4.79 Å². The maximum absolute atomic E-state index is 12.0. The molecule has 114 valence electrons. The molecule has 4 heteroatoms. The molecule has 2 aliphatic rings. The standard InChI is InChI=1S/C17H24N2O2/c1-2-21-16-6-13(7-16)8-17(20)19-9-12-3-4-14-10-18-11-15(14)5-12/h3-5,13,16,18H,2,6-11H2,1H3,(H,19,20). The van der Waals surface area contributed by atoms with Gasteiger partial charge in [0.05, 0.1) is 6.10 Å². The summed E-state index contributed by atoms with van der Waals surface area (Å²) in [5.41, 5.74) is 3.92. The minimum absolute atomic E-state index is 0.161. The van der Waals surface area contributed by atoms with Gasteiger partial charge in [0, 0.05) is 32.7 Å². The second-order valence-electron chi connectivity index (χ2n) is 6.10. The van der Waals surface area contributed by atoms with Crippen molar-refractivity contribution in [3.63, 3.8) is 0 Å². The average Bonchev–Trinajstić information content (AvgIpc) is 2.90. The van der Waals surface area contributed by atoms with Crippen LogP contribution in [0.15, 0.2) is 18.2 Å². The fourth-order valence-electron chi connectivity index (χ4n) is 3.21. The molecular weight excluding hydrogens is 264 g/mol. The molecule has 0 spiro atoms. The fourth-order valence-corrected chi connectivity index (χ4v) is 3.21. The lowest BCUT2D eigenvalue weighted by Crippen LogP contribution is -2.35. The minimum Gasteiger partial charge on any atom is -0.378 e. The molecule has 1 aromatic carbocycles. The van der Waals surface area contributed by atoms with Crippen LogP contribution in [0.4, 0.5) is 0 Å². The lowest BCUT2D eigenvalue weighted by molar-refractivity contribution is -0.124. The van der Waals surface area contributed by atoms with Gasteiger partial charge in [0.1, 0.15) is 0 Å². The highest BCUT2D eigenvalue weighted by Gasteiger charge is 2.30. The van der Waals surface area contributed by atoms with Crippen molar-refractivity contribution in [2.45, 2.75) is 51.9 Å². The summed E-state index contributed by atoms with van der Waals surface area (Å²) in [6.45, 7) is 5.33. The van der Waals surface area contributed by atoms with Crippen molar-refractivity contribution in [3.8, 4) is 0 Å². The van der Waals surface area contributed by atoms with Crippen LogP contribution < -0.4 is 10.6 Å². The number of amides is 1. The lowest BCUT2D eigenvalue weighted by Gasteiger charge is -2.34. The van der Waals surface area contributed by atoms with E-state index in [1.165, 1.54) is 16.7 Å². The predicted octanol–water partition coefficient (Wildman–Crippen LogP) is 2.11. The number of carbonyl (C=O) groups is 1. The number of hydrogen-bond donors (Lipinski definition) is 2. The third-order valence-corrected chi connectivity index (χ3v) is 4.46. The van der Waals surface area contributed by atoms with Crippen LogP contribution in [-0.2, 0) is 29.2 Å². The highest BCUT2D eigenvalue weighted by atomic mass is 16.5. The monoisotopic (exact) mass is 288 g/mol. The van der Waals surface area contributed by atoms with Crippen LogP contribution in [0.5, 0.6) is 0 Å². The van der Waals surface area contributed by atoms with Gasteiger partial charge in [0.25, 0.3) is 0 Å². The zero-order valence-electron chi connectivity index (χ0n) is 12.7. The summed E-state index contributed by atoms with van der Waals surface area (Å²) in [5.74, 6) is 0.666. The topological polar surface area (TPSA) is 50.4 Å². The zero-order valence-corrected chi connectivity index (χ0v) is 12.7. The van der Waals surface area contributed by atoms with Gasteiger partial charge < -0.3 is 15.4 Å². The van der Waals surface area contributed by atoms with Crippen molar-refractivity contribution < 1.29 is 9.53 Å². The Balaban J connectivity index is 1.40. The zero-order chi connectivity index (χ0) is 14.7. The largest absolute Gasteiger partial charge is 0.378 e. The van der Waals surface area contributed by atoms with E-state index in [1.54, 1.807) is 0 Å². The summed E-state index contributed by atoms with van der Waals surface area (Å²) in [5, 5.41) is 6.37. The Hall–Kier alpha value is -1.39. The summed E-state index contributed by atoms with van der Waals surface area (Å²) in [6.07, 6.45) is 3.09. The van der Waals surface area contributed by atoms with E-state index in [0.717, 1.165) is 32.5 Å². The summed E-state index contributed by atoms with van der Waals surface area (Å²) < 4.78 is 5.52. The van der Waals surface area contributed by atoms with Crippen LogP contribution >= 0.6 is 0 Å². The predicted molar refractivity (Wildman–Crippen MR) is 81.6 cm³/mol. The van der Waals surface area contributed by atoms with Crippen LogP contribution in [0.2, 0.25) is 0 Å². The fraction of sp³-hybridized carbons (Fsp3) is 0.588. The van der Waals surface area contributed by atoms with E-state index in [2.05, 4.69) is 28.8 Å². The van der Waals surface area contributed by atoms with E-state index in [0.29, 0.717) is 25.0 Å². The van der Waals surface area contributed by atoms with Crippen molar-refractivity contribution in [1.29, 1.82) is 0 Å². The molecule has 1 saturated carbocycles. The molecule has 4 nitrogen and oxygen atoms in total. The molecule has 1 aliphatic carbocycles. The summed E-state index contributed by atoms with van der Waals surface area (Å²) in [7, 11) is 0. The number of benzene rings is 1. The summed E-state index contributed by atoms with van der Waals surface area (Å²) >= 11 is 0. The Morgan fingerprint density at radius 1 is 1.33 bits per heavy atom. The van der Waals surface area contributed by atoms with Crippen LogP contribution in [-0.4, -0.2) is 18.6 Å². The van der Waals surface area contributed by atoms with E-state index >= 15 is 0 Å². The molecular formula is C17H24N2O2. The number of rotatable bonds is 6. The van der Waals surface area contributed by atoms with Gasteiger partial charge in [0.2, 0.25) is 5.91 Å². The molecule has 1 fully saturated rings. The van der Waals surface area contributed by atoms with Crippen LogP contribution in [0.1, 0.15) is 42.9 Å². The van der Waals surface area contributed by atoms with Crippen LogP contribution in [0.25, 0.3) is 0 Å². The van der Waals surface area contributed by atoms with Crippen molar-refractivity contribution in [2.24, 2.45) is 5.92 Å². The first-order chi connectivity index (χ1) is 10.2. The van der Waals surface area contributed by atoms with Crippen molar-refractivity contribution in [3.05, 3.63) is 34.9 Å². The normalized spacial score (nSPS) is 23.5. The highest BCUT2D eigenvalue weighted by molar-refractivity contribution is 5.76. The van der Waals surface area contributed by atoms with Crippen LogP contribution in [0, 0.1) is 5.92 Å². The quantitative estimate of drug-likeness (QED) is 0.843. The molecule has 0 atom stereocenters. The maximum Gasteiger partial charge on any atom is 0.220 e. The Morgan fingerprint density at radius 2 is 2.14 bits per heavy atom. The molecule has 1 aromatic rings. The van der Waals surface area contributed by atoms with Gasteiger partial charge in [-0.15, -0.1) is 0 Å². The van der Waals surface area contributed by atoms with Crippen LogP contribution in [0.3, 0.4) is 0 Å². The molecule has 1 amide bonds. The minimum atomic E-state index is 0.161. The molecule has 0 saturated heterocycles. The maximum atomic E-state index is 12.0. The van der Waals surface area contributed by atoms with Gasteiger partial charge in [-0.1, -0.05) is 18.2 Å². The third-order valence-electron chi connectivity index (χ3n) is 4.46. The van der Waals surface area contributed by atoms with Crippen molar-refractivity contribution >= 4 is 5.91 Å². The number of carbonyl (C=O) groups excluding carboxylic acids is 1. The van der Waals surface area contributed by atoms with E-state index in [1.807, 2.05) is 6.92 Å². The van der Waals surface area contributed by atoms with Gasteiger partial charge >= 0.3 is 0 Å². The van der Waals surface area contributed by atoms with Crippen molar-refractivity contribution in [1.82, 2.24) is 10.6 Å². The van der Waals surface area contributed by atoms with Gasteiger partial charge in [0.15, 0.2) is 0 Å². The molecule has 3 rings (SSSR count). The smallest absolute Gasteiger partial charge is 0.220 e. The highest BCUT2D eigenvalue weighted by Crippen LogP contribution is 2.32. The lowest BCUT2D eigenvalue weighted by atomic mass is 9.80. The third kappa shape index (κ3) is 3.63. The molecule has 0 bridgehead atoms. The summed E-state index contributed by atoms with van der Waals surface area (Å²) in [6, 6.07) is 6.47. The van der Waals surface area contributed by atoms with E-state index in [4.69, 9.17) is 4.74 Å². The van der Waals surface area contributed by atoms with Crippen molar-refractivity contribution in [2.75, 3.05) is 6.61 Å². The Morgan fingerprint density at radius 3 is 2.95 bits per heavy atom. The molecule has 1 aliphatic heterocycles. The first-order valence-electron chi connectivity index (χ1n) is 7.94. The number of nitrogens with one attached hydrogen (secondary N) is 2. The second-order valence-corrected chi connectivity index (χ2v) is 6.10. The molecule has 0 aromatic heterocycles. The van der Waals surface area contributed by atoms with E-state index < -0.39 is 0 Å². The Kier molecular flexibility index (Phi) is 4.56. The Labute approximate surface area is 126 Å². The number of ether oxygens (including phenoxy) is 1. The SMILES string of the molecule is CCOC1CC(CC(=O)NCc2ccc3c(c2)CNC3)C1. The molecule has 1 heterocycles. The number of hydrogen-bond acceptors (Lipinski definition) is 3. The summed E-state index contributed by atoms with van der Waals surface area (Å²) in [4.78, 5) is 12.0.